The number of halogens is 1. The normalized spacial score (nSPS) is 20.3. The fraction of sp³-hybridized carbons (Fsp3) is 0.667. The quantitative estimate of drug-likeness (QED) is 0.770. The first-order valence-electron chi connectivity index (χ1n) is 6.93. The van der Waals surface area contributed by atoms with E-state index in [2.05, 4.69) is 15.0 Å². The van der Waals surface area contributed by atoms with Crippen molar-refractivity contribution in [2.24, 2.45) is 5.92 Å². The van der Waals surface area contributed by atoms with Gasteiger partial charge in [0.2, 0.25) is 15.9 Å². The monoisotopic (exact) mass is 350 g/mol. The Morgan fingerprint density at radius 1 is 1.32 bits per heavy atom. The van der Waals surface area contributed by atoms with E-state index in [-0.39, 0.29) is 30.0 Å². The number of rotatable bonds is 4. The number of aromatic nitrogens is 1. The number of hydrogen-bond donors (Lipinski definition) is 1. The molecule has 1 aromatic rings. The van der Waals surface area contributed by atoms with Crippen molar-refractivity contribution in [3.63, 3.8) is 0 Å². The molecule has 3 rings (SSSR count). The SMILES string of the molecule is Cl.O=C(C1CNC1)N1CCN(S(=O)(=O)Cc2ccon2)CC1. The molecule has 1 aromatic heterocycles. The number of amides is 1. The van der Waals surface area contributed by atoms with Crippen molar-refractivity contribution in [2.45, 2.75) is 5.75 Å². The molecule has 22 heavy (non-hydrogen) atoms. The average molecular weight is 351 g/mol. The van der Waals surface area contributed by atoms with E-state index in [4.69, 9.17) is 0 Å². The Hall–Kier alpha value is -1.16. The first kappa shape index (κ1) is 17.2. The van der Waals surface area contributed by atoms with Crippen LogP contribution in [0.25, 0.3) is 0 Å². The Balaban J connectivity index is 0.00000176. The van der Waals surface area contributed by atoms with Gasteiger partial charge < -0.3 is 14.7 Å². The van der Waals surface area contributed by atoms with E-state index in [1.54, 1.807) is 11.0 Å². The van der Waals surface area contributed by atoms with Gasteiger partial charge in [-0.1, -0.05) is 5.16 Å². The van der Waals surface area contributed by atoms with Gasteiger partial charge in [0.1, 0.15) is 12.0 Å². The second-order valence-corrected chi connectivity index (χ2v) is 7.30. The van der Waals surface area contributed by atoms with Gasteiger partial charge in [-0.25, -0.2) is 8.42 Å². The molecule has 3 heterocycles. The topological polar surface area (TPSA) is 95.8 Å². The van der Waals surface area contributed by atoms with Crippen molar-refractivity contribution in [1.82, 2.24) is 19.7 Å². The number of nitrogens with zero attached hydrogens (tertiary/aromatic N) is 3. The van der Waals surface area contributed by atoms with Gasteiger partial charge in [-0.2, -0.15) is 4.31 Å². The molecular formula is C12H19ClN4O4S. The number of nitrogens with one attached hydrogen (secondary N) is 1. The largest absolute Gasteiger partial charge is 0.364 e. The summed E-state index contributed by atoms with van der Waals surface area (Å²) >= 11 is 0. The summed E-state index contributed by atoms with van der Waals surface area (Å²) in [6, 6.07) is 1.54. The Labute approximate surface area is 135 Å². The Morgan fingerprint density at radius 3 is 2.50 bits per heavy atom. The molecule has 0 spiro atoms. The summed E-state index contributed by atoms with van der Waals surface area (Å²) in [5.41, 5.74) is 0.397. The van der Waals surface area contributed by atoms with Crippen LogP contribution in [0.1, 0.15) is 5.69 Å². The van der Waals surface area contributed by atoms with Gasteiger partial charge in [0, 0.05) is 45.3 Å². The van der Waals surface area contributed by atoms with E-state index >= 15 is 0 Å². The fourth-order valence-corrected chi connectivity index (χ4v) is 3.92. The number of hydrogen-bond acceptors (Lipinski definition) is 6. The van der Waals surface area contributed by atoms with Gasteiger partial charge in [0.15, 0.2) is 0 Å². The summed E-state index contributed by atoms with van der Waals surface area (Å²) < 4.78 is 30.6. The molecule has 124 valence electrons. The molecule has 0 aliphatic carbocycles. The predicted molar refractivity (Wildman–Crippen MR) is 80.9 cm³/mol. The molecule has 8 nitrogen and oxygen atoms in total. The van der Waals surface area contributed by atoms with Gasteiger partial charge in [-0.05, 0) is 0 Å². The molecule has 0 saturated carbocycles. The van der Waals surface area contributed by atoms with Crippen LogP contribution in [0.4, 0.5) is 0 Å². The van der Waals surface area contributed by atoms with Gasteiger partial charge in [0.05, 0.1) is 11.6 Å². The van der Waals surface area contributed by atoms with E-state index in [1.165, 1.54) is 10.6 Å². The maximum Gasteiger partial charge on any atom is 0.228 e. The highest BCUT2D eigenvalue weighted by atomic mass is 35.5. The van der Waals surface area contributed by atoms with Crippen LogP contribution in [0, 0.1) is 5.92 Å². The highest BCUT2D eigenvalue weighted by Gasteiger charge is 2.33. The smallest absolute Gasteiger partial charge is 0.228 e. The third kappa shape index (κ3) is 3.60. The fourth-order valence-electron chi connectivity index (χ4n) is 2.50. The average Bonchev–Trinajstić information content (AvgIpc) is 2.89. The molecule has 1 amide bonds. The zero-order valence-corrected chi connectivity index (χ0v) is 13.6. The maximum atomic E-state index is 12.3. The molecule has 1 N–H and O–H groups in total. The third-order valence-electron chi connectivity index (χ3n) is 3.90. The number of carbonyl (C=O) groups excluding carboxylic acids is 1. The lowest BCUT2D eigenvalue weighted by Crippen LogP contribution is -2.57. The summed E-state index contributed by atoms with van der Waals surface area (Å²) in [4.78, 5) is 13.8. The summed E-state index contributed by atoms with van der Waals surface area (Å²) in [5, 5.41) is 6.70. The predicted octanol–water partition coefficient (Wildman–Crippen LogP) is -0.710. The zero-order chi connectivity index (χ0) is 14.9. The van der Waals surface area contributed by atoms with Gasteiger partial charge >= 0.3 is 0 Å². The van der Waals surface area contributed by atoms with Crippen molar-refractivity contribution >= 4 is 28.3 Å². The molecule has 0 atom stereocenters. The molecule has 2 fully saturated rings. The van der Waals surface area contributed by atoms with Crippen molar-refractivity contribution in [1.29, 1.82) is 0 Å². The third-order valence-corrected chi connectivity index (χ3v) is 5.71. The van der Waals surface area contributed by atoms with Crippen molar-refractivity contribution in [3.8, 4) is 0 Å². The first-order chi connectivity index (χ1) is 10.1. The Morgan fingerprint density at radius 2 is 2.00 bits per heavy atom. The first-order valence-corrected chi connectivity index (χ1v) is 8.54. The molecule has 10 heteroatoms. The lowest BCUT2D eigenvalue weighted by Gasteiger charge is -2.37. The molecule has 0 unspecified atom stereocenters. The van der Waals surface area contributed by atoms with E-state index in [0.717, 1.165) is 13.1 Å². The molecule has 2 aliphatic heterocycles. The van der Waals surface area contributed by atoms with Gasteiger partial charge in [-0.3, -0.25) is 4.79 Å². The lowest BCUT2D eigenvalue weighted by molar-refractivity contribution is -0.138. The lowest BCUT2D eigenvalue weighted by atomic mass is 10.0. The minimum Gasteiger partial charge on any atom is -0.364 e. The molecule has 0 radical (unpaired) electrons. The highest BCUT2D eigenvalue weighted by molar-refractivity contribution is 7.88. The molecule has 0 aromatic carbocycles. The molecule has 0 bridgehead atoms. The number of carbonyl (C=O) groups is 1. The number of piperazine rings is 1. The second-order valence-electron chi connectivity index (χ2n) is 5.33. The minimum atomic E-state index is -3.41. The Kier molecular flexibility index (Phi) is 5.43. The minimum absolute atomic E-state index is 0. The van der Waals surface area contributed by atoms with Gasteiger partial charge in [0.25, 0.3) is 0 Å². The summed E-state index contributed by atoms with van der Waals surface area (Å²) in [7, 11) is -3.41. The van der Waals surface area contributed by atoms with Crippen LogP contribution in [-0.4, -0.2) is 68.0 Å². The maximum absolute atomic E-state index is 12.3. The van der Waals surface area contributed by atoms with Crippen LogP contribution in [0.5, 0.6) is 0 Å². The standard InChI is InChI=1S/C12H18N4O4S.ClH/c17-12(10-7-13-8-10)15-2-4-16(5-3-15)21(18,19)9-11-1-6-20-14-11;/h1,6,10,13H,2-5,7-9H2;1H. The van der Waals surface area contributed by atoms with Crippen LogP contribution in [-0.2, 0) is 20.6 Å². The summed E-state index contributed by atoms with van der Waals surface area (Å²) in [6.45, 7) is 3.03. The van der Waals surface area contributed by atoms with E-state index in [0.29, 0.717) is 31.9 Å². The summed E-state index contributed by atoms with van der Waals surface area (Å²) in [5.74, 6) is 0.0230. The molecule has 2 saturated heterocycles. The van der Waals surface area contributed by atoms with Crippen LogP contribution in [0.15, 0.2) is 16.9 Å². The molecular weight excluding hydrogens is 332 g/mol. The zero-order valence-electron chi connectivity index (χ0n) is 12.0. The van der Waals surface area contributed by atoms with E-state index < -0.39 is 10.0 Å². The second kappa shape index (κ2) is 6.95. The van der Waals surface area contributed by atoms with Crippen molar-refractivity contribution in [2.75, 3.05) is 39.3 Å². The Bertz CT molecular complexity index is 595. The van der Waals surface area contributed by atoms with Crippen LogP contribution >= 0.6 is 12.4 Å². The highest BCUT2D eigenvalue weighted by Crippen LogP contribution is 2.15. The van der Waals surface area contributed by atoms with Crippen LogP contribution < -0.4 is 5.32 Å². The van der Waals surface area contributed by atoms with E-state index in [1.807, 2.05) is 0 Å². The van der Waals surface area contributed by atoms with E-state index in [9.17, 15) is 13.2 Å². The van der Waals surface area contributed by atoms with Gasteiger partial charge in [-0.15, -0.1) is 12.4 Å². The summed E-state index contributed by atoms with van der Waals surface area (Å²) in [6.07, 6.45) is 1.36. The molecule has 2 aliphatic rings. The van der Waals surface area contributed by atoms with Crippen LogP contribution in [0.2, 0.25) is 0 Å². The van der Waals surface area contributed by atoms with Crippen molar-refractivity contribution < 1.29 is 17.7 Å². The number of sulfonamides is 1. The van der Waals surface area contributed by atoms with Crippen molar-refractivity contribution in [3.05, 3.63) is 18.0 Å². The van der Waals surface area contributed by atoms with Crippen LogP contribution in [0.3, 0.4) is 0 Å².